The summed E-state index contributed by atoms with van der Waals surface area (Å²) in [6, 6.07) is 0. The summed E-state index contributed by atoms with van der Waals surface area (Å²) in [4.78, 5) is 4.26. The van der Waals surface area contributed by atoms with Crippen LogP contribution in [0.1, 0.15) is 43.7 Å². The van der Waals surface area contributed by atoms with E-state index >= 15 is 0 Å². The Hall–Kier alpha value is -0.980. The second-order valence-electron chi connectivity index (χ2n) is 3.93. The van der Waals surface area contributed by atoms with Crippen molar-refractivity contribution in [3.05, 3.63) is 11.7 Å². The predicted octanol–water partition coefficient (Wildman–Crippen LogP) is 0.956. The van der Waals surface area contributed by atoms with Crippen molar-refractivity contribution < 1.29 is 14.0 Å². The number of methoxy groups -OCH3 is 1. The van der Waals surface area contributed by atoms with Gasteiger partial charge in [-0.15, -0.1) is 0 Å². The quantitative estimate of drug-likeness (QED) is 0.824. The Labute approximate surface area is 94.1 Å². The maximum atomic E-state index is 5.67. The van der Waals surface area contributed by atoms with Crippen LogP contribution in [0.5, 0.6) is 0 Å². The monoisotopic (exact) mass is 227 g/mol. The number of rotatable bonds is 4. The molecule has 0 saturated carbocycles. The highest BCUT2D eigenvalue weighted by molar-refractivity contribution is 4.96. The number of nitrogens with zero attached hydrogens (tertiary/aromatic N) is 2. The number of nitrogens with two attached hydrogens (primary N) is 1. The van der Waals surface area contributed by atoms with Crippen molar-refractivity contribution in [2.24, 2.45) is 5.73 Å². The first kappa shape index (κ1) is 11.5. The molecule has 3 atom stereocenters. The summed E-state index contributed by atoms with van der Waals surface area (Å²) in [5, 5.41) is 3.90. The van der Waals surface area contributed by atoms with Crippen LogP contribution >= 0.6 is 0 Å². The highest BCUT2D eigenvalue weighted by atomic mass is 16.5. The molecule has 16 heavy (non-hydrogen) atoms. The summed E-state index contributed by atoms with van der Waals surface area (Å²) in [5.74, 6) is 1.08. The third kappa shape index (κ3) is 2.23. The smallest absolute Gasteiger partial charge is 0.255 e. The molecule has 0 aromatic carbocycles. The largest absolute Gasteiger partial charge is 0.372 e. The molecule has 0 bridgehead atoms. The number of ether oxygens (including phenoxy) is 2. The number of hydrogen-bond acceptors (Lipinski definition) is 6. The molecule has 6 heteroatoms. The van der Waals surface area contributed by atoms with Gasteiger partial charge in [-0.25, -0.2) is 0 Å². The van der Waals surface area contributed by atoms with Crippen molar-refractivity contribution in [1.29, 1.82) is 0 Å². The zero-order chi connectivity index (χ0) is 11.5. The van der Waals surface area contributed by atoms with E-state index in [1.807, 2.05) is 6.92 Å². The molecular weight excluding hydrogens is 210 g/mol. The van der Waals surface area contributed by atoms with Crippen molar-refractivity contribution in [2.75, 3.05) is 13.7 Å². The van der Waals surface area contributed by atoms with Gasteiger partial charge in [-0.2, -0.15) is 4.98 Å². The van der Waals surface area contributed by atoms with E-state index in [1.54, 1.807) is 7.11 Å². The molecule has 1 aliphatic heterocycles. The Morgan fingerprint density at radius 2 is 2.38 bits per heavy atom. The van der Waals surface area contributed by atoms with E-state index in [-0.39, 0.29) is 18.3 Å². The molecule has 2 heterocycles. The van der Waals surface area contributed by atoms with Crippen LogP contribution in [0.2, 0.25) is 0 Å². The fraction of sp³-hybridized carbons (Fsp3) is 0.800. The summed E-state index contributed by atoms with van der Waals surface area (Å²) in [5.41, 5.74) is 5.54. The average Bonchev–Trinajstić information content (AvgIpc) is 2.95. The molecule has 0 aliphatic carbocycles. The third-order valence-corrected chi connectivity index (χ3v) is 2.82. The lowest BCUT2D eigenvalue weighted by Crippen LogP contribution is -2.19. The summed E-state index contributed by atoms with van der Waals surface area (Å²) >= 11 is 0. The molecule has 0 spiro atoms. The van der Waals surface area contributed by atoms with Crippen LogP contribution in [0.25, 0.3) is 0 Å². The predicted molar refractivity (Wildman–Crippen MR) is 55.6 cm³/mol. The van der Waals surface area contributed by atoms with Gasteiger partial charge in [0.15, 0.2) is 0 Å². The molecule has 3 unspecified atom stereocenters. The first-order valence-corrected chi connectivity index (χ1v) is 5.46. The van der Waals surface area contributed by atoms with E-state index in [0.29, 0.717) is 18.3 Å². The fourth-order valence-electron chi connectivity index (χ4n) is 1.71. The number of hydrogen-bond donors (Lipinski definition) is 1. The Morgan fingerprint density at radius 1 is 1.56 bits per heavy atom. The highest BCUT2D eigenvalue weighted by Gasteiger charge is 2.29. The SMILES string of the molecule is COC(C)c1nc(C2CCC(CN)O2)no1. The Balaban J connectivity index is 2.02. The molecular formula is C10H17N3O3. The second kappa shape index (κ2) is 4.90. The van der Waals surface area contributed by atoms with Gasteiger partial charge in [0.2, 0.25) is 5.82 Å². The Kier molecular flexibility index (Phi) is 3.52. The van der Waals surface area contributed by atoms with Crippen LogP contribution in [-0.2, 0) is 9.47 Å². The summed E-state index contributed by atoms with van der Waals surface area (Å²) < 4.78 is 15.9. The van der Waals surface area contributed by atoms with Crippen LogP contribution in [-0.4, -0.2) is 29.9 Å². The van der Waals surface area contributed by atoms with Crippen molar-refractivity contribution in [1.82, 2.24) is 10.1 Å². The molecule has 0 amide bonds. The molecule has 2 rings (SSSR count). The molecule has 1 aromatic heterocycles. The van der Waals surface area contributed by atoms with Crippen molar-refractivity contribution in [3.8, 4) is 0 Å². The van der Waals surface area contributed by atoms with Gasteiger partial charge in [0, 0.05) is 13.7 Å². The average molecular weight is 227 g/mol. The summed E-state index contributed by atoms with van der Waals surface area (Å²) in [7, 11) is 1.60. The second-order valence-corrected chi connectivity index (χ2v) is 3.93. The van der Waals surface area contributed by atoms with Crippen LogP contribution < -0.4 is 5.73 Å². The van der Waals surface area contributed by atoms with E-state index in [2.05, 4.69) is 10.1 Å². The third-order valence-electron chi connectivity index (χ3n) is 2.82. The molecule has 2 N–H and O–H groups in total. The first-order chi connectivity index (χ1) is 7.74. The van der Waals surface area contributed by atoms with Crippen LogP contribution in [0.4, 0.5) is 0 Å². The molecule has 6 nitrogen and oxygen atoms in total. The Morgan fingerprint density at radius 3 is 3.00 bits per heavy atom. The summed E-state index contributed by atoms with van der Waals surface area (Å²) in [6.45, 7) is 2.39. The van der Waals surface area contributed by atoms with Gasteiger partial charge < -0.3 is 19.7 Å². The minimum absolute atomic E-state index is 0.0879. The van der Waals surface area contributed by atoms with E-state index in [9.17, 15) is 0 Å². The van der Waals surface area contributed by atoms with Crippen molar-refractivity contribution in [2.45, 2.75) is 38.1 Å². The van der Waals surface area contributed by atoms with Crippen LogP contribution in [0.15, 0.2) is 4.52 Å². The molecule has 1 fully saturated rings. The van der Waals surface area contributed by atoms with E-state index in [0.717, 1.165) is 12.8 Å². The standard InChI is InChI=1S/C10H17N3O3/c1-6(14-2)10-12-9(13-16-10)8-4-3-7(5-11)15-8/h6-8H,3-5,11H2,1-2H3. The summed E-state index contributed by atoms with van der Waals surface area (Å²) in [6.07, 6.45) is 1.68. The molecule has 1 saturated heterocycles. The van der Waals surface area contributed by atoms with E-state index in [4.69, 9.17) is 19.7 Å². The molecule has 1 aliphatic rings. The van der Waals surface area contributed by atoms with E-state index in [1.165, 1.54) is 0 Å². The molecule has 90 valence electrons. The molecule has 1 aromatic rings. The van der Waals surface area contributed by atoms with Gasteiger partial charge >= 0.3 is 0 Å². The van der Waals surface area contributed by atoms with Gasteiger partial charge in [-0.3, -0.25) is 0 Å². The minimum Gasteiger partial charge on any atom is -0.372 e. The van der Waals surface area contributed by atoms with E-state index < -0.39 is 0 Å². The van der Waals surface area contributed by atoms with Gasteiger partial charge in [0.05, 0.1) is 6.10 Å². The topological polar surface area (TPSA) is 83.4 Å². The normalized spacial score (nSPS) is 27.2. The fourth-order valence-corrected chi connectivity index (χ4v) is 1.71. The van der Waals surface area contributed by atoms with Gasteiger partial charge in [0.1, 0.15) is 12.2 Å². The Bertz CT molecular complexity index is 342. The van der Waals surface area contributed by atoms with Crippen molar-refractivity contribution in [3.63, 3.8) is 0 Å². The lowest BCUT2D eigenvalue weighted by molar-refractivity contribution is 0.0434. The van der Waals surface area contributed by atoms with Crippen LogP contribution in [0.3, 0.4) is 0 Å². The zero-order valence-corrected chi connectivity index (χ0v) is 9.55. The highest BCUT2D eigenvalue weighted by Crippen LogP contribution is 2.31. The lowest BCUT2D eigenvalue weighted by atomic mass is 10.2. The first-order valence-electron chi connectivity index (χ1n) is 5.46. The lowest BCUT2D eigenvalue weighted by Gasteiger charge is -2.07. The van der Waals surface area contributed by atoms with Gasteiger partial charge in [-0.1, -0.05) is 5.16 Å². The minimum atomic E-state index is -0.187. The molecule has 0 radical (unpaired) electrons. The zero-order valence-electron chi connectivity index (χ0n) is 9.55. The maximum Gasteiger partial charge on any atom is 0.255 e. The van der Waals surface area contributed by atoms with Gasteiger partial charge in [-0.05, 0) is 19.8 Å². The number of aromatic nitrogens is 2. The van der Waals surface area contributed by atoms with Crippen LogP contribution in [0, 0.1) is 0 Å². The maximum absolute atomic E-state index is 5.67. The van der Waals surface area contributed by atoms with Crippen molar-refractivity contribution >= 4 is 0 Å². The van der Waals surface area contributed by atoms with Gasteiger partial charge in [0.25, 0.3) is 5.89 Å².